The van der Waals surface area contributed by atoms with Crippen LogP contribution >= 0.6 is 11.6 Å². The third kappa shape index (κ3) is 3.43. The molecule has 0 aliphatic heterocycles. The lowest BCUT2D eigenvalue weighted by atomic mass is 10.0. The number of nitrogens with zero attached hydrogens (tertiary/aromatic N) is 1. The van der Waals surface area contributed by atoms with Crippen molar-refractivity contribution in [3.63, 3.8) is 0 Å². The molecule has 0 spiro atoms. The van der Waals surface area contributed by atoms with Gasteiger partial charge in [-0.3, -0.25) is 0 Å². The average Bonchev–Trinajstić information content (AvgIpc) is 2.94. The summed E-state index contributed by atoms with van der Waals surface area (Å²) >= 11 is 6.40. The molecule has 0 heterocycles. The van der Waals surface area contributed by atoms with Gasteiger partial charge < -0.3 is 10.6 Å². The van der Waals surface area contributed by atoms with Crippen molar-refractivity contribution in [2.75, 3.05) is 11.9 Å². The first-order valence-electron chi connectivity index (χ1n) is 7.39. The Morgan fingerprint density at radius 2 is 2.05 bits per heavy atom. The Balaban J connectivity index is 2.25. The van der Waals surface area contributed by atoms with Gasteiger partial charge in [0.15, 0.2) is 0 Å². The van der Waals surface area contributed by atoms with E-state index in [1.165, 1.54) is 36.9 Å². The third-order valence-corrected chi connectivity index (χ3v) is 4.69. The van der Waals surface area contributed by atoms with E-state index in [4.69, 9.17) is 17.3 Å². The predicted molar refractivity (Wildman–Crippen MR) is 84.1 cm³/mol. The fourth-order valence-electron chi connectivity index (χ4n) is 2.97. The van der Waals surface area contributed by atoms with Gasteiger partial charge in [-0.25, -0.2) is 0 Å². The largest absolute Gasteiger partial charge is 0.371 e. The van der Waals surface area contributed by atoms with E-state index < -0.39 is 0 Å². The van der Waals surface area contributed by atoms with Crippen molar-refractivity contribution in [1.82, 2.24) is 0 Å². The molecule has 0 saturated heterocycles. The van der Waals surface area contributed by atoms with Crippen LogP contribution in [0.4, 0.5) is 5.69 Å². The highest BCUT2D eigenvalue weighted by Crippen LogP contribution is 2.33. The molecule has 1 fully saturated rings. The normalized spacial score (nSPS) is 17.7. The maximum absolute atomic E-state index is 6.40. The fraction of sp³-hybridized carbons (Fsp3) is 0.625. The summed E-state index contributed by atoms with van der Waals surface area (Å²) in [7, 11) is 2.20. The molecule has 2 N–H and O–H groups in total. The monoisotopic (exact) mass is 280 g/mol. The van der Waals surface area contributed by atoms with Crippen molar-refractivity contribution in [1.29, 1.82) is 0 Å². The SMILES string of the molecule is CCC(N)Cc1c(Cl)cccc1N(C)C1CCCC1. The minimum absolute atomic E-state index is 0.190. The Morgan fingerprint density at radius 3 is 2.68 bits per heavy atom. The fourth-order valence-corrected chi connectivity index (χ4v) is 3.22. The minimum Gasteiger partial charge on any atom is -0.371 e. The van der Waals surface area contributed by atoms with E-state index in [1.54, 1.807) is 0 Å². The summed E-state index contributed by atoms with van der Waals surface area (Å²) in [5, 5.41) is 0.853. The molecule has 2 rings (SSSR count). The molecule has 19 heavy (non-hydrogen) atoms. The molecular weight excluding hydrogens is 256 g/mol. The first kappa shape index (κ1) is 14.7. The molecule has 0 aromatic heterocycles. The van der Waals surface area contributed by atoms with Crippen LogP contribution in [0.2, 0.25) is 5.02 Å². The van der Waals surface area contributed by atoms with Crippen LogP contribution in [0.15, 0.2) is 18.2 Å². The maximum atomic E-state index is 6.40. The van der Waals surface area contributed by atoms with Crippen LogP contribution in [-0.4, -0.2) is 19.1 Å². The van der Waals surface area contributed by atoms with Gasteiger partial charge in [-0.15, -0.1) is 0 Å². The second-order valence-corrected chi connectivity index (χ2v) is 6.07. The van der Waals surface area contributed by atoms with Crippen molar-refractivity contribution in [3.05, 3.63) is 28.8 Å². The molecule has 1 unspecified atom stereocenters. The van der Waals surface area contributed by atoms with Crippen molar-refractivity contribution >= 4 is 17.3 Å². The zero-order valence-electron chi connectivity index (χ0n) is 12.0. The number of hydrogen-bond donors (Lipinski definition) is 1. The number of hydrogen-bond acceptors (Lipinski definition) is 2. The van der Waals surface area contributed by atoms with E-state index >= 15 is 0 Å². The molecule has 106 valence electrons. The molecule has 1 aromatic rings. The molecule has 1 aliphatic rings. The Labute approximate surface area is 121 Å². The van der Waals surface area contributed by atoms with Gasteiger partial charge in [0.05, 0.1) is 0 Å². The number of halogens is 1. The van der Waals surface area contributed by atoms with Crippen molar-refractivity contribution in [2.45, 2.75) is 57.5 Å². The maximum Gasteiger partial charge on any atom is 0.0459 e. The molecule has 3 heteroatoms. The lowest BCUT2D eigenvalue weighted by Gasteiger charge is -2.29. The standard InChI is InChI=1S/C16H25ClN2/c1-3-12(18)11-14-15(17)9-6-10-16(14)19(2)13-7-4-5-8-13/h6,9-10,12-13H,3-5,7-8,11,18H2,1-2H3. The van der Waals surface area contributed by atoms with E-state index in [9.17, 15) is 0 Å². The molecule has 1 saturated carbocycles. The van der Waals surface area contributed by atoms with E-state index in [0.717, 1.165) is 17.9 Å². The van der Waals surface area contributed by atoms with Crippen molar-refractivity contribution in [3.8, 4) is 0 Å². The van der Waals surface area contributed by atoms with Crippen LogP contribution in [0.5, 0.6) is 0 Å². The molecule has 2 nitrogen and oxygen atoms in total. The molecule has 0 bridgehead atoms. The van der Waals surface area contributed by atoms with Gasteiger partial charge in [0.25, 0.3) is 0 Å². The smallest absolute Gasteiger partial charge is 0.0459 e. The van der Waals surface area contributed by atoms with Crippen molar-refractivity contribution < 1.29 is 0 Å². The third-order valence-electron chi connectivity index (χ3n) is 4.34. The van der Waals surface area contributed by atoms with Gasteiger partial charge in [0.1, 0.15) is 0 Å². The predicted octanol–water partition coefficient (Wildman–Crippen LogP) is 4.00. The number of rotatable bonds is 5. The second-order valence-electron chi connectivity index (χ2n) is 5.66. The first-order valence-corrected chi connectivity index (χ1v) is 7.77. The van der Waals surface area contributed by atoms with E-state index in [-0.39, 0.29) is 6.04 Å². The quantitative estimate of drug-likeness (QED) is 0.883. The van der Waals surface area contributed by atoms with Crippen LogP contribution in [0.1, 0.15) is 44.6 Å². The van der Waals surface area contributed by atoms with Gasteiger partial charge in [0.2, 0.25) is 0 Å². The minimum atomic E-state index is 0.190. The van der Waals surface area contributed by atoms with Gasteiger partial charge in [-0.05, 0) is 43.4 Å². The molecule has 0 radical (unpaired) electrons. The van der Waals surface area contributed by atoms with E-state index in [0.29, 0.717) is 6.04 Å². The Hall–Kier alpha value is -0.730. The highest BCUT2D eigenvalue weighted by Gasteiger charge is 2.22. The van der Waals surface area contributed by atoms with Crippen LogP contribution in [-0.2, 0) is 6.42 Å². The van der Waals surface area contributed by atoms with Gasteiger partial charge in [-0.1, -0.05) is 37.4 Å². The highest BCUT2D eigenvalue weighted by molar-refractivity contribution is 6.31. The van der Waals surface area contributed by atoms with Crippen LogP contribution in [0, 0.1) is 0 Å². The number of nitrogens with two attached hydrogens (primary N) is 1. The van der Waals surface area contributed by atoms with Gasteiger partial charge >= 0.3 is 0 Å². The topological polar surface area (TPSA) is 29.3 Å². The zero-order chi connectivity index (χ0) is 13.8. The van der Waals surface area contributed by atoms with Crippen LogP contribution in [0.3, 0.4) is 0 Å². The molecule has 1 aromatic carbocycles. The summed E-state index contributed by atoms with van der Waals surface area (Å²) in [5.41, 5.74) is 8.60. The van der Waals surface area contributed by atoms with E-state index in [1.807, 2.05) is 12.1 Å². The Bertz CT molecular complexity index is 413. The number of anilines is 1. The number of benzene rings is 1. The Kier molecular flexibility index (Phi) is 5.12. The summed E-state index contributed by atoms with van der Waals surface area (Å²) in [6, 6.07) is 7.06. The molecule has 1 atom stereocenters. The van der Waals surface area contributed by atoms with Crippen LogP contribution < -0.4 is 10.6 Å². The van der Waals surface area contributed by atoms with Gasteiger partial charge in [0, 0.05) is 29.8 Å². The highest BCUT2D eigenvalue weighted by atomic mass is 35.5. The summed E-state index contributed by atoms with van der Waals surface area (Å²) in [6.45, 7) is 2.13. The zero-order valence-corrected chi connectivity index (χ0v) is 12.8. The lowest BCUT2D eigenvalue weighted by Crippen LogP contribution is -2.31. The summed E-state index contributed by atoms with van der Waals surface area (Å²) in [5.74, 6) is 0. The Morgan fingerprint density at radius 1 is 1.37 bits per heavy atom. The summed E-state index contributed by atoms with van der Waals surface area (Å²) in [4.78, 5) is 2.41. The molecular formula is C16H25ClN2. The summed E-state index contributed by atoms with van der Waals surface area (Å²) < 4.78 is 0. The molecule has 1 aliphatic carbocycles. The average molecular weight is 281 g/mol. The molecule has 0 amide bonds. The van der Waals surface area contributed by atoms with Crippen molar-refractivity contribution in [2.24, 2.45) is 5.73 Å². The van der Waals surface area contributed by atoms with Crippen LogP contribution in [0.25, 0.3) is 0 Å². The lowest BCUT2D eigenvalue weighted by molar-refractivity contribution is 0.629. The summed E-state index contributed by atoms with van der Waals surface area (Å²) in [6.07, 6.45) is 7.13. The first-order chi connectivity index (χ1) is 9.13. The second kappa shape index (κ2) is 6.62. The van der Waals surface area contributed by atoms with E-state index in [2.05, 4.69) is 24.9 Å². The van der Waals surface area contributed by atoms with Gasteiger partial charge in [-0.2, -0.15) is 0 Å².